The van der Waals surface area contributed by atoms with Crippen LogP contribution in [0.2, 0.25) is 0 Å². The average molecular weight is 305 g/mol. The quantitative estimate of drug-likeness (QED) is 0.725. The number of ether oxygens (including phenoxy) is 2. The van der Waals surface area contributed by atoms with Crippen LogP contribution in [0.25, 0.3) is 0 Å². The van der Waals surface area contributed by atoms with Crippen molar-refractivity contribution in [3.63, 3.8) is 0 Å². The summed E-state index contributed by atoms with van der Waals surface area (Å²) in [5, 5.41) is 0. The molecule has 0 aromatic heterocycles. The molecule has 1 amide bonds. The Morgan fingerprint density at radius 2 is 1.95 bits per heavy atom. The Balaban J connectivity index is 1.82. The molecule has 0 spiro atoms. The van der Waals surface area contributed by atoms with E-state index in [-0.39, 0.29) is 30.1 Å². The summed E-state index contributed by atoms with van der Waals surface area (Å²) in [5.41, 5.74) is 1.16. The van der Waals surface area contributed by atoms with E-state index in [1.807, 2.05) is 24.3 Å². The molecule has 2 atom stereocenters. The van der Waals surface area contributed by atoms with E-state index in [9.17, 15) is 9.59 Å². The third kappa shape index (κ3) is 4.00. The van der Waals surface area contributed by atoms with Gasteiger partial charge in [-0.3, -0.25) is 9.59 Å². The Bertz CT molecular complexity index is 526. The Morgan fingerprint density at radius 3 is 2.55 bits per heavy atom. The van der Waals surface area contributed by atoms with Crippen molar-refractivity contribution in [3.05, 3.63) is 29.8 Å². The van der Waals surface area contributed by atoms with Crippen LogP contribution in [0.15, 0.2) is 24.3 Å². The lowest BCUT2D eigenvalue weighted by Gasteiger charge is -2.16. The zero-order valence-corrected chi connectivity index (χ0v) is 13.4. The summed E-state index contributed by atoms with van der Waals surface area (Å²) in [5.74, 6) is 0.970. The normalized spacial score (nSPS) is 19.4. The van der Waals surface area contributed by atoms with Gasteiger partial charge >= 0.3 is 5.97 Å². The Hall–Kier alpha value is -2.04. The molecular weight excluding hydrogens is 282 g/mol. The van der Waals surface area contributed by atoms with E-state index >= 15 is 0 Å². The highest BCUT2D eigenvalue weighted by atomic mass is 16.5. The van der Waals surface area contributed by atoms with Gasteiger partial charge < -0.3 is 14.4 Å². The molecule has 0 saturated heterocycles. The van der Waals surface area contributed by atoms with Gasteiger partial charge in [-0.25, -0.2) is 0 Å². The number of nitrogens with zero attached hydrogens (tertiary/aromatic N) is 1. The van der Waals surface area contributed by atoms with Crippen molar-refractivity contribution in [1.29, 1.82) is 0 Å². The van der Waals surface area contributed by atoms with Gasteiger partial charge in [-0.15, -0.1) is 0 Å². The summed E-state index contributed by atoms with van der Waals surface area (Å²) >= 11 is 0. The molecule has 1 aliphatic carbocycles. The minimum absolute atomic E-state index is 0.0283. The number of esters is 1. The van der Waals surface area contributed by atoms with Crippen molar-refractivity contribution in [2.45, 2.75) is 25.7 Å². The molecule has 0 heterocycles. The van der Waals surface area contributed by atoms with Gasteiger partial charge in [-0.05, 0) is 37.0 Å². The highest BCUT2D eigenvalue weighted by Gasteiger charge is 2.45. The predicted octanol–water partition coefficient (Wildman–Crippen LogP) is 2.21. The molecule has 0 N–H and O–H groups in total. The number of carbonyl (C=O) groups excluding carboxylic acids is 2. The summed E-state index contributed by atoms with van der Waals surface area (Å²) in [6.45, 7) is 2.55. The van der Waals surface area contributed by atoms with E-state index in [4.69, 9.17) is 9.47 Å². The molecule has 1 aromatic carbocycles. The van der Waals surface area contributed by atoms with Gasteiger partial charge in [0.2, 0.25) is 5.91 Å². The first-order chi connectivity index (χ1) is 10.6. The van der Waals surface area contributed by atoms with Crippen molar-refractivity contribution in [2.75, 3.05) is 27.3 Å². The van der Waals surface area contributed by atoms with Gasteiger partial charge in [0.05, 0.1) is 20.1 Å². The molecule has 120 valence electrons. The molecule has 1 aliphatic rings. The average Bonchev–Trinajstić information content (AvgIpc) is 3.33. The van der Waals surface area contributed by atoms with Crippen molar-refractivity contribution < 1.29 is 19.1 Å². The monoisotopic (exact) mass is 305 g/mol. The second-order valence-electron chi connectivity index (χ2n) is 5.54. The predicted molar refractivity (Wildman–Crippen MR) is 82.7 cm³/mol. The van der Waals surface area contributed by atoms with E-state index in [1.54, 1.807) is 26.0 Å². The molecule has 0 bridgehead atoms. The molecule has 0 aliphatic heterocycles. The Kier molecular flexibility index (Phi) is 5.41. The minimum atomic E-state index is -0.260. The summed E-state index contributed by atoms with van der Waals surface area (Å²) < 4.78 is 10.0. The lowest BCUT2D eigenvalue weighted by atomic mass is 10.1. The third-order valence-electron chi connectivity index (χ3n) is 3.98. The first kappa shape index (κ1) is 16.3. The topological polar surface area (TPSA) is 55.8 Å². The van der Waals surface area contributed by atoms with Gasteiger partial charge in [0.15, 0.2) is 0 Å². The van der Waals surface area contributed by atoms with E-state index < -0.39 is 0 Å². The number of amides is 1. The summed E-state index contributed by atoms with van der Waals surface area (Å²) in [6.07, 6.45) is 1.12. The van der Waals surface area contributed by atoms with E-state index in [1.165, 1.54) is 0 Å². The van der Waals surface area contributed by atoms with Gasteiger partial charge in [0.1, 0.15) is 5.75 Å². The zero-order valence-electron chi connectivity index (χ0n) is 13.4. The summed E-state index contributed by atoms with van der Waals surface area (Å²) in [6, 6.07) is 7.85. The fourth-order valence-electron chi connectivity index (χ4n) is 2.57. The lowest BCUT2D eigenvalue weighted by molar-refractivity contribution is -0.144. The SMILES string of the molecule is CCOC(=O)CCN(C)C(=O)C1CC1c1ccc(OC)cc1. The minimum Gasteiger partial charge on any atom is -0.497 e. The van der Waals surface area contributed by atoms with Gasteiger partial charge in [0.25, 0.3) is 0 Å². The number of hydrogen-bond donors (Lipinski definition) is 0. The molecule has 22 heavy (non-hydrogen) atoms. The molecule has 2 unspecified atom stereocenters. The molecule has 5 heteroatoms. The fraction of sp³-hybridized carbons (Fsp3) is 0.529. The maximum absolute atomic E-state index is 12.3. The van der Waals surface area contributed by atoms with Crippen molar-refractivity contribution in [2.24, 2.45) is 5.92 Å². The number of rotatable bonds is 7. The van der Waals surface area contributed by atoms with Crippen LogP contribution in [-0.2, 0) is 14.3 Å². The van der Waals surface area contributed by atoms with Crippen LogP contribution < -0.4 is 4.74 Å². The summed E-state index contributed by atoms with van der Waals surface area (Å²) in [4.78, 5) is 25.3. The molecule has 1 aromatic rings. The second kappa shape index (κ2) is 7.29. The van der Waals surface area contributed by atoms with Crippen LogP contribution in [-0.4, -0.2) is 44.1 Å². The van der Waals surface area contributed by atoms with Crippen LogP contribution >= 0.6 is 0 Å². The molecule has 2 rings (SSSR count). The van der Waals surface area contributed by atoms with E-state index in [0.717, 1.165) is 17.7 Å². The lowest BCUT2D eigenvalue weighted by Crippen LogP contribution is -2.31. The highest BCUT2D eigenvalue weighted by Crippen LogP contribution is 2.48. The standard InChI is InChI=1S/C17H23NO4/c1-4-22-16(19)9-10-18(2)17(20)15-11-14(15)12-5-7-13(21-3)8-6-12/h5-8,14-15H,4,9-11H2,1-3H3. The van der Waals surface area contributed by atoms with Crippen LogP contribution in [0.5, 0.6) is 5.75 Å². The molecule has 1 saturated carbocycles. The highest BCUT2D eigenvalue weighted by molar-refractivity contribution is 5.83. The van der Waals surface area contributed by atoms with E-state index in [0.29, 0.717) is 13.2 Å². The van der Waals surface area contributed by atoms with Crippen molar-refractivity contribution >= 4 is 11.9 Å². The largest absolute Gasteiger partial charge is 0.497 e. The van der Waals surface area contributed by atoms with Crippen molar-refractivity contribution in [1.82, 2.24) is 4.90 Å². The van der Waals surface area contributed by atoms with Crippen LogP contribution in [0.3, 0.4) is 0 Å². The summed E-state index contributed by atoms with van der Waals surface area (Å²) in [7, 11) is 3.38. The van der Waals surface area contributed by atoms with Gasteiger partial charge in [-0.2, -0.15) is 0 Å². The third-order valence-corrected chi connectivity index (χ3v) is 3.98. The first-order valence-electron chi connectivity index (χ1n) is 7.61. The Labute approximate surface area is 131 Å². The first-order valence-corrected chi connectivity index (χ1v) is 7.61. The van der Waals surface area contributed by atoms with Crippen LogP contribution in [0.4, 0.5) is 0 Å². The zero-order chi connectivity index (χ0) is 16.1. The molecule has 1 fully saturated rings. The van der Waals surface area contributed by atoms with Gasteiger partial charge in [-0.1, -0.05) is 12.1 Å². The van der Waals surface area contributed by atoms with Crippen LogP contribution in [0, 0.1) is 5.92 Å². The van der Waals surface area contributed by atoms with Crippen molar-refractivity contribution in [3.8, 4) is 5.75 Å². The van der Waals surface area contributed by atoms with Crippen LogP contribution in [0.1, 0.15) is 31.2 Å². The van der Waals surface area contributed by atoms with E-state index in [2.05, 4.69) is 0 Å². The number of benzene rings is 1. The number of hydrogen-bond acceptors (Lipinski definition) is 4. The molecule has 0 radical (unpaired) electrons. The van der Waals surface area contributed by atoms with Gasteiger partial charge in [0, 0.05) is 19.5 Å². The fourth-order valence-corrected chi connectivity index (χ4v) is 2.57. The number of carbonyl (C=O) groups is 2. The smallest absolute Gasteiger partial charge is 0.307 e. The number of methoxy groups -OCH3 is 1. The Morgan fingerprint density at radius 1 is 1.27 bits per heavy atom. The molecular formula is C17H23NO4. The maximum atomic E-state index is 12.3. The molecule has 5 nitrogen and oxygen atoms in total. The second-order valence-corrected chi connectivity index (χ2v) is 5.54. The maximum Gasteiger partial charge on any atom is 0.307 e.